The van der Waals surface area contributed by atoms with Crippen LogP contribution < -0.4 is 26.5 Å². The highest BCUT2D eigenvalue weighted by atomic mass is 35.5. The summed E-state index contributed by atoms with van der Waals surface area (Å²) in [6, 6.07) is 8.49. The molecule has 3 heterocycles. The number of allylic oxidation sites excluding steroid dienone is 1. The third-order valence-electron chi connectivity index (χ3n) is 6.16. The highest BCUT2D eigenvalue weighted by Crippen LogP contribution is 2.33. The van der Waals surface area contributed by atoms with Gasteiger partial charge in [-0.1, -0.05) is 23.2 Å². The Morgan fingerprint density at radius 1 is 1.23 bits per heavy atom. The Bertz CT molecular complexity index is 1420. The van der Waals surface area contributed by atoms with Crippen molar-refractivity contribution in [2.24, 2.45) is 10.8 Å². The molecule has 2 aromatic heterocycles. The second-order valence-electron chi connectivity index (χ2n) is 8.91. The molecule has 1 aliphatic heterocycles. The van der Waals surface area contributed by atoms with E-state index in [-0.39, 0.29) is 5.71 Å². The minimum Gasteiger partial charge on any atom is -0.486 e. The number of rotatable bonds is 10. The molecule has 6 N–H and O–H groups in total. The monoisotopic (exact) mass is 567 g/mol. The molecule has 4 rings (SSSR count). The van der Waals surface area contributed by atoms with Gasteiger partial charge in [0.2, 0.25) is 0 Å². The van der Waals surface area contributed by atoms with Crippen LogP contribution >= 0.6 is 23.2 Å². The Hall–Kier alpha value is -4.06. The number of nitrogens with two attached hydrogens (primary N) is 2. The third-order valence-corrected chi connectivity index (χ3v) is 6.76. The maximum Gasteiger partial charge on any atom is 0.151 e. The van der Waals surface area contributed by atoms with E-state index in [1.165, 1.54) is 18.5 Å². The summed E-state index contributed by atoms with van der Waals surface area (Å²) in [6.45, 7) is 2.67. The standard InChI is InChI=1S/C26H27Cl2N9O2/c1-15(24-18(27)11-33-12-19(24)28)39-16-5-6-20(29)17(10-16)25(30)21-7-8-23(36-34-21)37-13-26(31,14-37)22(35-32-2)4-3-9-38/h3-12,15,30,32H,13-14,29,31H2,1-2H3/b4-3-,30-25?,35-22+/t15-/m1/s1. The van der Waals surface area contributed by atoms with Gasteiger partial charge in [0.15, 0.2) is 5.82 Å². The summed E-state index contributed by atoms with van der Waals surface area (Å²) in [5, 5.41) is 22.2. The number of pyridine rings is 1. The van der Waals surface area contributed by atoms with Crippen molar-refractivity contribution in [1.82, 2.24) is 20.6 Å². The highest BCUT2D eigenvalue weighted by molar-refractivity contribution is 6.35. The molecule has 3 aromatic rings. The van der Waals surface area contributed by atoms with Gasteiger partial charge in [-0.05, 0) is 49.4 Å². The number of hydrogen-bond acceptors (Lipinski definition) is 11. The molecule has 1 aromatic carbocycles. The van der Waals surface area contributed by atoms with Crippen molar-refractivity contribution in [2.45, 2.75) is 18.6 Å². The zero-order chi connectivity index (χ0) is 28.2. The molecule has 11 nitrogen and oxygen atoms in total. The average Bonchev–Trinajstić information content (AvgIpc) is 2.90. The van der Waals surface area contributed by atoms with E-state index in [2.05, 4.69) is 25.7 Å². The molecular formula is C26H27Cl2N9O2. The molecule has 1 atom stereocenters. The number of carbonyl (C=O) groups excluding carboxylic acids is 1. The molecule has 0 amide bonds. The number of nitrogens with zero attached hydrogens (tertiary/aromatic N) is 5. The van der Waals surface area contributed by atoms with E-state index in [0.717, 1.165) is 0 Å². The van der Waals surface area contributed by atoms with Crippen molar-refractivity contribution in [2.75, 3.05) is 30.8 Å². The number of nitrogen functional groups attached to an aromatic ring is 1. The molecule has 0 spiro atoms. The Kier molecular flexibility index (Phi) is 8.44. The number of carbonyl (C=O) groups is 1. The predicted octanol–water partition coefficient (Wildman–Crippen LogP) is 3.16. The van der Waals surface area contributed by atoms with Crippen LogP contribution in [0, 0.1) is 5.41 Å². The first-order valence-corrected chi connectivity index (χ1v) is 12.6. The maximum absolute atomic E-state index is 10.7. The van der Waals surface area contributed by atoms with Gasteiger partial charge in [-0.15, -0.1) is 10.2 Å². The molecule has 39 heavy (non-hydrogen) atoms. The van der Waals surface area contributed by atoms with Crippen molar-refractivity contribution in [1.29, 1.82) is 5.41 Å². The Labute approximate surface area is 235 Å². The first-order chi connectivity index (χ1) is 18.7. The lowest BCUT2D eigenvalue weighted by Crippen LogP contribution is -2.71. The van der Waals surface area contributed by atoms with E-state index in [1.54, 1.807) is 43.5 Å². The minimum atomic E-state index is -0.744. The van der Waals surface area contributed by atoms with E-state index in [4.69, 9.17) is 44.8 Å². The second-order valence-corrected chi connectivity index (χ2v) is 9.72. The first-order valence-electron chi connectivity index (χ1n) is 11.9. The summed E-state index contributed by atoms with van der Waals surface area (Å²) in [7, 11) is 1.66. The summed E-state index contributed by atoms with van der Waals surface area (Å²) in [5.41, 5.74) is 17.0. The average molecular weight is 568 g/mol. The van der Waals surface area contributed by atoms with E-state index in [9.17, 15) is 4.79 Å². The molecule has 1 aliphatic rings. The van der Waals surface area contributed by atoms with Crippen LogP contribution in [0.2, 0.25) is 10.0 Å². The van der Waals surface area contributed by atoms with Crippen LogP contribution in [-0.2, 0) is 4.79 Å². The summed E-state index contributed by atoms with van der Waals surface area (Å²) in [5.74, 6) is 1.08. The fraction of sp³-hybridized carbons (Fsp3) is 0.231. The van der Waals surface area contributed by atoms with Crippen LogP contribution in [-0.4, -0.2) is 58.6 Å². The number of halogens is 2. The van der Waals surface area contributed by atoms with Crippen LogP contribution in [0.15, 0.2) is 60.0 Å². The number of ether oxygens (including phenoxy) is 1. The molecular weight excluding hydrogens is 541 g/mol. The molecule has 0 aliphatic carbocycles. The van der Waals surface area contributed by atoms with Gasteiger partial charge in [0.1, 0.15) is 23.8 Å². The molecule has 1 fully saturated rings. The van der Waals surface area contributed by atoms with Crippen molar-refractivity contribution in [3.63, 3.8) is 0 Å². The normalized spacial score (nSPS) is 15.5. The van der Waals surface area contributed by atoms with E-state index >= 15 is 0 Å². The number of hydrazone groups is 1. The molecule has 1 saturated heterocycles. The zero-order valence-corrected chi connectivity index (χ0v) is 22.7. The largest absolute Gasteiger partial charge is 0.486 e. The van der Waals surface area contributed by atoms with Crippen LogP contribution in [0.1, 0.15) is 29.8 Å². The smallest absolute Gasteiger partial charge is 0.151 e. The quantitative estimate of drug-likeness (QED) is 0.0944. The van der Waals surface area contributed by atoms with E-state index in [0.29, 0.717) is 69.2 Å². The highest BCUT2D eigenvalue weighted by Gasteiger charge is 2.44. The lowest BCUT2D eigenvalue weighted by molar-refractivity contribution is -0.104. The molecule has 13 heteroatoms. The van der Waals surface area contributed by atoms with Gasteiger partial charge >= 0.3 is 0 Å². The van der Waals surface area contributed by atoms with E-state index in [1.807, 2.05) is 11.8 Å². The summed E-state index contributed by atoms with van der Waals surface area (Å²) >= 11 is 12.5. The second kappa shape index (κ2) is 11.8. The molecule has 0 radical (unpaired) electrons. The van der Waals surface area contributed by atoms with Gasteiger partial charge in [-0.2, -0.15) is 5.10 Å². The Morgan fingerprint density at radius 3 is 2.56 bits per heavy atom. The van der Waals surface area contributed by atoms with E-state index < -0.39 is 11.6 Å². The minimum absolute atomic E-state index is 0.0869. The zero-order valence-electron chi connectivity index (χ0n) is 21.2. The maximum atomic E-state index is 10.7. The van der Waals surface area contributed by atoms with Crippen molar-refractivity contribution in [3.8, 4) is 5.75 Å². The number of aldehydes is 1. The molecule has 0 saturated carbocycles. The van der Waals surface area contributed by atoms with Gasteiger partial charge in [0.25, 0.3) is 0 Å². The topological polar surface area (TPSA) is 168 Å². The van der Waals surface area contributed by atoms with Gasteiger partial charge in [0, 0.05) is 49.3 Å². The third kappa shape index (κ3) is 6.00. The lowest BCUT2D eigenvalue weighted by Gasteiger charge is -2.47. The Balaban J connectivity index is 1.47. The fourth-order valence-electron chi connectivity index (χ4n) is 4.19. The lowest BCUT2D eigenvalue weighted by atomic mass is 9.85. The Morgan fingerprint density at radius 2 is 1.95 bits per heavy atom. The van der Waals surface area contributed by atoms with Gasteiger partial charge in [0.05, 0.1) is 27.0 Å². The van der Waals surface area contributed by atoms with Gasteiger partial charge in [-0.25, -0.2) is 0 Å². The van der Waals surface area contributed by atoms with Gasteiger partial charge < -0.3 is 26.5 Å². The van der Waals surface area contributed by atoms with Crippen molar-refractivity contribution < 1.29 is 9.53 Å². The number of aromatic nitrogens is 3. The van der Waals surface area contributed by atoms with Crippen LogP contribution in [0.5, 0.6) is 5.75 Å². The fourth-order valence-corrected chi connectivity index (χ4v) is 4.86. The van der Waals surface area contributed by atoms with Crippen LogP contribution in [0.25, 0.3) is 0 Å². The predicted molar refractivity (Wildman–Crippen MR) is 153 cm³/mol. The van der Waals surface area contributed by atoms with Crippen LogP contribution in [0.3, 0.4) is 0 Å². The number of anilines is 2. The summed E-state index contributed by atoms with van der Waals surface area (Å²) in [6.07, 6.45) is 6.14. The molecule has 0 bridgehead atoms. The number of hydrogen-bond donors (Lipinski definition) is 4. The van der Waals surface area contributed by atoms with Crippen LogP contribution in [0.4, 0.5) is 11.5 Å². The SMILES string of the molecule is CN/N=C(\C=C/C=O)C1(N)CN(c2ccc(C(=N)c3cc(O[C@H](C)c4c(Cl)cncc4Cl)ccc3N)nn2)C1. The van der Waals surface area contributed by atoms with Crippen molar-refractivity contribution >= 4 is 52.4 Å². The number of nitrogens with one attached hydrogen (secondary N) is 2. The molecule has 202 valence electrons. The summed E-state index contributed by atoms with van der Waals surface area (Å²) < 4.78 is 6.06. The number of benzene rings is 1. The summed E-state index contributed by atoms with van der Waals surface area (Å²) in [4.78, 5) is 16.6. The van der Waals surface area contributed by atoms with Gasteiger partial charge in [-0.3, -0.25) is 15.2 Å². The molecule has 0 unspecified atom stereocenters. The first kappa shape index (κ1) is 28.0. The van der Waals surface area contributed by atoms with Crippen molar-refractivity contribution in [3.05, 3.63) is 81.7 Å².